The van der Waals surface area contributed by atoms with Gasteiger partial charge in [0.05, 0.1) is 29.0 Å². The van der Waals surface area contributed by atoms with Crippen LogP contribution in [0.3, 0.4) is 0 Å². The van der Waals surface area contributed by atoms with Gasteiger partial charge in [-0.2, -0.15) is 0 Å². The molecule has 3 aromatic rings. The van der Waals surface area contributed by atoms with E-state index >= 15 is 0 Å². The molecule has 0 aromatic heterocycles. The van der Waals surface area contributed by atoms with E-state index in [2.05, 4.69) is 22.6 Å². The lowest BCUT2D eigenvalue weighted by Gasteiger charge is -2.13. The molecule has 0 N–H and O–H groups in total. The highest BCUT2D eigenvalue weighted by atomic mass is 127. The number of amides is 2. The number of benzene rings is 3. The predicted octanol–water partition coefficient (Wildman–Crippen LogP) is 6.02. The van der Waals surface area contributed by atoms with Gasteiger partial charge in [-0.3, -0.25) is 24.6 Å². The van der Waals surface area contributed by atoms with Crippen LogP contribution < -0.4 is 9.47 Å². The molecule has 1 heterocycles. The van der Waals surface area contributed by atoms with Crippen LogP contribution in [0.5, 0.6) is 11.5 Å². The summed E-state index contributed by atoms with van der Waals surface area (Å²) in [6.07, 6.45) is 1.62. The SMILES string of the molecule is COc1ccc(/C=C2\SC(=O)N(Cc3ccc(I)cc3)C2=O)cc1OCc1ccccc1[N+](=O)[O-]. The second kappa shape index (κ2) is 10.9. The largest absolute Gasteiger partial charge is 0.493 e. The predicted molar refractivity (Wildman–Crippen MR) is 141 cm³/mol. The molecule has 0 aliphatic carbocycles. The molecule has 0 unspecified atom stereocenters. The molecule has 1 saturated heterocycles. The minimum absolute atomic E-state index is 0.0376. The van der Waals surface area contributed by atoms with E-state index < -0.39 is 4.92 Å². The maximum atomic E-state index is 12.9. The van der Waals surface area contributed by atoms with Crippen molar-refractivity contribution in [2.45, 2.75) is 13.2 Å². The van der Waals surface area contributed by atoms with Crippen molar-refractivity contribution < 1.29 is 24.0 Å². The number of hydrogen-bond acceptors (Lipinski definition) is 7. The minimum atomic E-state index is -0.460. The number of ether oxygens (including phenoxy) is 2. The third kappa shape index (κ3) is 5.82. The van der Waals surface area contributed by atoms with E-state index in [1.807, 2.05) is 24.3 Å². The van der Waals surface area contributed by atoms with Crippen LogP contribution in [0, 0.1) is 13.7 Å². The summed E-state index contributed by atoms with van der Waals surface area (Å²) < 4.78 is 12.3. The number of halogens is 1. The average Bonchev–Trinajstić information content (AvgIpc) is 3.11. The first-order chi connectivity index (χ1) is 16.9. The van der Waals surface area contributed by atoms with Gasteiger partial charge in [0.15, 0.2) is 11.5 Å². The Balaban J connectivity index is 1.53. The van der Waals surface area contributed by atoms with E-state index in [-0.39, 0.29) is 30.0 Å². The van der Waals surface area contributed by atoms with Gasteiger partial charge in [0.1, 0.15) is 6.61 Å². The molecule has 178 valence electrons. The Labute approximate surface area is 219 Å². The number of carbonyl (C=O) groups is 2. The highest BCUT2D eigenvalue weighted by Crippen LogP contribution is 2.36. The monoisotopic (exact) mass is 602 g/mol. The number of nitrogens with zero attached hydrogens (tertiary/aromatic N) is 2. The molecule has 0 bridgehead atoms. The Morgan fingerprint density at radius 3 is 2.51 bits per heavy atom. The lowest BCUT2D eigenvalue weighted by atomic mass is 10.1. The molecule has 8 nitrogen and oxygen atoms in total. The topological polar surface area (TPSA) is 99.0 Å². The van der Waals surface area contributed by atoms with Crippen LogP contribution in [0.15, 0.2) is 71.6 Å². The zero-order valence-electron chi connectivity index (χ0n) is 18.5. The maximum absolute atomic E-state index is 12.9. The zero-order chi connectivity index (χ0) is 24.9. The highest BCUT2D eigenvalue weighted by Gasteiger charge is 2.35. The molecule has 1 aliphatic rings. The van der Waals surface area contributed by atoms with Crippen molar-refractivity contribution >= 4 is 57.3 Å². The molecule has 0 spiro atoms. The number of methoxy groups -OCH3 is 1. The van der Waals surface area contributed by atoms with Crippen molar-refractivity contribution in [3.8, 4) is 11.5 Å². The third-order valence-electron chi connectivity index (χ3n) is 5.18. The van der Waals surface area contributed by atoms with Crippen LogP contribution in [-0.4, -0.2) is 28.1 Å². The minimum Gasteiger partial charge on any atom is -0.493 e. The molecular formula is C25H19IN2O6S. The number of para-hydroxylation sites is 1. The second-order valence-electron chi connectivity index (χ2n) is 7.48. The number of thioether (sulfide) groups is 1. The molecular weight excluding hydrogens is 583 g/mol. The molecule has 35 heavy (non-hydrogen) atoms. The van der Waals surface area contributed by atoms with E-state index in [4.69, 9.17) is 9.47 Å². The Morgan fingerprint density at radius 2 is 1.80 bits per heavy atom. The molecule has 10 heteroatoms. The number of carbonyl (C=O) groups excluding carboxylic acids is 2. The lowest BCUT2D eigenvalue weighted by Crippen LogP contribution is -2.27. The quantitative estimate of drug-likeness (QED) is 0.135. The summed E-state index contributed by atoms with van der Waals surface area (Å²) in [6, 6.07) is 19.0. The molecule has 1 fully saturated rings. The maximum Gasteiger partial charge on any atom is 0.293 e. The fourth-order valence-electron chi connectivity index (χ4n) is 3.42. The van der Waals surface area contributed by atoms with Crippen molar-refractivity contribution in [2.24, 2.45) is 0 Å². The Hall–Kier alpha value is -3.38. The first-order valence-electron chi connectivity index (χ1n) is 10.4. The van der Waals surface area contributed by atoms with Gasteiger partial charge in [0, 0.05) is 9.64 Å². The molecule has 0 saturated carbocycles. The smallest absolute Gasteiger partial charge is 0.293 e. The first-order valence-corrected chi connectivity index (χ1v) is 12.3. The van der Waals surface area contributed by atoms with Crippen LogP contribution in [0.1, 0.15) is 16.7 Å². The van der Waals surface area contributed by atoms with E-state index in [0.717, 1.165) is 20.9 Å². The van der Waals surface area contributed by atoms with Crippen molar-refractivity contribution in [3.05, 3.63) is 102 Å². The standard InChI is InChI=1S/C25H19IN2O6S/c1-33-21-11-8-17(12-22(21)34-15-18-4-2-3-5-20(18)28(31)32)13-23-24(29)27(25(30)35-23)14-16-6-9-19(26)10-7-16/h2-13H,14-15H2,1H3/b23-13-. The normalized spacial score (nSPS) is 14.5. The number of hydrogen-bond donors (Lipinski definition) is 0. The third-order valence-corrected chi connectivity index (χ3v) is 6.81. The van der Waals surface area contributed by atoms with Gasteiger partial charge in [-0.05, 0) is 81.9 Å². The molecule has 3 aromatic carbocycles. The van der Waals surface area contributed by atoms with Crippen LogP contribution in [0.25, 0.3) is 6.08 Å². The molecule has 2 amide bonds. The Bertz CT molecular complexity index is 1330. The zero-order valence-corrected chi connectivity index (χ0v) is 21.4. The molecule has 0 atom stereocenters. The number of imide groups is 1. The Kier molecular flexibility index (Phi) is 7.71. The molecule has 1 aliphatic heterocycles. The summed E-state index contributed by atoms with van der Waals surface area (Å²) in [5.74, 6) is 0.432. The Morgan fingerprint density at radius 1 is 1.06 bits per heavy atom. The summed E-state index contributed by atoms with van der Waals surface area (Å²) >= 11 is 3.08. The van der Waals surface area contributed by atoms with Gasteiger partial charge >= 0.3 is 0 Å². The van der Waals surface area contributed by atoms with E-state index in [1.54, 1.807) is 42.5 Å². The van der Waals surface area contributed by atoms with Gasteiger partial charge in [-0.25, -0.2) is 0 Å². The van der Waals surface area contributed by atoms with Crippen molar-refractivity contribution in [1.29, 1.82) is 0 Å². The van der Waals surface area contributed by atoms with E-state index in [1.165, 1.54) is 18.1 Å². The summed E-state index contributed by atoms with van der Waals surface area (Å²) in [6.45, 7) is 0.162. The average molecular weight is 602 g/mol. The van der Waals surface area contributed by atoms with Crippen LogP contribution in [0.4, 0.5) is 10.5 Å². The fraction of sp³-hybridized carbons (Fsp3) is 0.120. The van der Waals surface area contributed by atoms with Crippen molar-refractivity contribution in [1.82, 2.24) is 4.90 Å². The van der Waals surface area contributed by atoms with Crippen LogP contribution >= 0.6 is 34.4 Å². The van der Waals surface area contributed by atoms with Gasteiger partial charge < -0.3 is 9.47 Å². The van der Waals surface area contributed by atoms with Crippen LogP contribution in [-0.2, 0) is 17.9 Å². The summed E-state index contributed by atoms with van der Waals surface area (Å²) in [7, 11) is 1.49. The lowest BCUT2D eigenvalue weighted by molar-refractivity contribution is -0.385. The van der Waals surface area contributed by atoms with Crippen molar-refractivity contribution in [3.63, 3.8) is 0 Å². The van der Waals surface area contributed by atoms with E-state index in [9.17, 15) is 19.7 Å². The van der Waals surface area contributed by atoms with Gasteiger partial charge in [0.25, 0.3) is 16.8 Å². The van der Waals surface area contributed by atoms with Gasteiger partial charge in [-0.1, -0.05) is 30.3 Å². The first kappa shape index (κ1) is 24.7. The van der Waals surface area contributed by atoms with Crippen LogP contribution in [0.2, 0.25) is 0 Å². The van der Waals surface area contributed by atoms with Crippen molar-refractivity contribution in [2.75, 3.05) is 7.11 Å². The number of nitro groups is 1. The highest BCUT2D eigenvalue weighted by molar-refractivity contribution is 14.1. The second-order valence-corrected chi connectivity index (χ2v) is 9.72. The summed E-state index contributed by atoms with van der Waals surface area (Å²) in [5.41, 5.74) is 1.87. The summed E-state index contributed by atoms with van der Waals surface area (Å²) in [4.78, 5) is 37.7. The molecule has 4 rings (SSSR count). The summed E-state index contributed by atoms with van der Waals surface area (Å²) in [5, 5.41) is 10.9. The van der Waals surface area contributed by atoms with E-state index in [0.29, 0.717) is 27.5 Å². The van der Waals surface area contributed by atoms with Gasteiger partial charge in [-0.15, -0.1) is 0 Å². The fourth-order valence-corrected chi connectivity index (χ4v) is 4.62. The van der Waals surface area contributed by atoms with Gasteiger partial charge in [0.2, 0.25) is 0 Å². The molecule has 0 radical (unpaired) electrons. The number of rotatable bonds is 8. The number of nitro benzene ring substituents is 1.